The lowest BCUT2D eigenvalue weighted by molar-refractivity contribution is 0.370. The maximum Gasteiger partial charge on any atom is 0.180 e. The molecule has 0 aromatic carbocycles. The van der Waals surface area contributed by atoms with E-state index in [4.69, 9.17) is 5.73 Å². The first-order chi connectivity index (χ1) is 6.66. The second-order valence-electron chi connectivity index (χ2n) is 3.70. The Morgan fingerprint density at radius 2 is 2.36 bits per heavy atom. The summed E-state index contributed by atoms with van der Waals surface area (Å²) in [6, 6.07) is 0. The number of rotatable bonds is 1. The van der Waals surface area contributed by atoms with E-state index in [1.165, 1.54) is 10.5 Å². The highest BCUT2D eigenvalue weighted by atomic mass is 32.1. The Hall–Kier alpha value is -0.870. The third-order valence-corrected chi connectivity index (χ3v) is 3.33. The molecular weight excluding hydrogens is 194 g/mol. The monoisotopic (exact) mass is 209 g/mol. The second-order valence-corrected chi connectivity index (χ2v) is 4.93. The van der Waals surface area contributed by atoms with Gasteiger partial charge in [-0.3, -0.25) is 0 Å². The molecule has 0 atom stereocenters. The van der Waals surface area contributed by atoms with Gasteiger partial charge in [-0.05, 0) is 26.0 Å². The molecule has 1 aliphatic heterocycles. The minimum absolute atomic E-state index is 0.678. The molecule has 2 rings (SSSR count). The third kappa shape index (κ3) is 1.81. The number of nitrogens with zero attached hydrogens (tertiary/aromatic N) is 2. The van der Waals surface area contributed by atoms with Gasteiger partial charge in [0.2, 0.25) is 0 Å². The number of likely N-dealkylation sites (N-methyl/N-ethyl adjacent to an activating group) is 1. The zero-order valence-electron chi connectivity index (χ0n) is 8.58. The first kappa shape index (κ1) is 9.68. The van der Waals surface area contributed by atoms with Crippen molar-refractivity contribution in [3.8, 4) is 0 Å². The number of anilines is 1. The Bertz CT molecular complexity index is 367. The highest BCUT2D eigenvalue weighted by Crippen LogP contribution is 2.28. The molecule has 3 nitrogen and oxygen atoms in total. The van der Waals surface area contributed by atoms with Crippen LogP contribution < -0.4 is 5.73 Å². The summed E-state index contributed by atoms with van der Waals surface area (Å²) in [6.07, 6.45) is 3.34. The van der Waals surface area contributed by atoms with Crippen molar-refractivity contribution in [2.75, 3.05) is 25.9 Å². The van der Waals surface area contributed by atoms with Crippen molar-refractivity contribution in [3.05, 3.63) is 16.6 Å². The standard InChI is InChI=1S/C10H15N3S/c1-7-9(12-10(11)14-7)8-3-5-13(2)6-4-8/h3H,4-6H2,1-2H3,(H2,11,12). The molecule has 1 aromatic heterocycles. The van der Waals surface area contributed by atoms with E-state index in [1.807, 2.05) is 0 Å². The van der Waals surface area contributed by atoms with Gasteiger partial charge >= 0.3 is 0 Å². The number of nitrogen functional groups attached to an aromatic ring is 1. The van der Waals surface area contributed by atoms with Gasteiger partial charge in [0.1, 0.15) is 0 Å². The molecule has 4 heteroatoms. The van der Waals surface area contributed by atoms with Crippen LogP contribution >= 0.6 is 11.3 Å². The topological polar surface area (TPSA) is 42.1 Å². The van der Waals surface area contributed by atoms with Crippen LogP contribution in [-0.2, 0) is 0 Å². The van der Waals surface area contributed by atoms with Gasteiger partial charge < -0.3 is 10.6 Å². The number of aryl methyl sites for hydroxylation is 1. The van der Waals surface area contributed by atoms with Crippen LogP contribution in [0.1, 0.15) is 17.0 Å². The SMILES string of the molecule is Cc1sc(N)nc1C1=CCN(C)CC1. The third-order valence-electron chi connectivity index (χ3n) is 2.53. The van der Waals surface area contributed by atoms with Crippen LogP contribution in [0.4, 0.5) is 5.13 Å². The Kier molecular flexibility index (Phi) is 2.56. The van der Waals surface area contributed by atoms with Crippen molar-refractivity contribution >= 4 is 22.0 Å². The highest BCUT2D eigenvalue weighted by molar-refractivity contribution is 7.15. The Morgan fingerprint density at radius 1 is 1.57 bits per heavy atom. The van der Waals surface area contributed by atoms with E-state index in [2.05, 4.69) is 29.9 Å². The Balaban J connectivity index is 2.27. The quantitative estimate of drug-likeness (QED) is 0.766. The van der Waals surface area contributed by atoms with Gasteiger partial charge in [0.25, 0.3) is 0 Å². The molecule has 0 saturated carbocycles. The molecule has 76 valence electrons. The predicted molar refractivity (Wildman–Crippen MR) is 61.4 cm³/mol. The summed E-state index contributed by atoms with van der Waals surface area (Å²) in [4.78, 5) is 7.90. The van der Waals surface area contributed by atoms with Crippen LogP contribution in [0.2, 0.25) is 0 Å². The fraction of sp³-hybridized carbons (Fsp3) is 0.500. The van der Waals surface area contributed by atoms with Gasteiger partial charge in [-0.2, -0.15) is 0 Å². The Morgan fingerprint density at radius 3 is 2.86 bits per heavy atom. The number of aromatic nitrogens is 1. The summed E-state index contributed by atoms with van der Waals surface area (Å²) in [7, 11) is 2.13. The smallest absolute Gasteiger partial charge is 0.180 e. The summed E-state index contributed by atoms with van der Waals surface area (Å²) in [5, 5.41) is 0.678. The summed E-state index contributed by atoms with van der Waals surface area (Å²) in [5.41, 5.74) is 8.15. The van der Waals surface area contributed by atoms with E-state index in [0.29, 0.717) is 5.13 Å². The molecular formula is C10H15N3S. The van der Waals surface area contributed by atoms with Crippen LogP contribution in [-0.4, -0.2) is 30.0 Å². The van der Waals surface area contributed by atoms with Gasteiger partial charge in [0.15, 0.2) is 5.13 Å². The first-order valence-corrected chi connectivity index (χ1v) is 5.59. The average molecular weight is 209 g/mol. The van der Waals surface area contributed by atoms with Crippen LogP contribution in [0.15, 0.2) is 6.08 Å². The highest BCUT2D eigenvalue weighted by Gasteiger charge is 2.14. The predicted octanol–water partition coefficient (Wildman–Crippen LogP) is 1.75. The molecule has 0 saturated heterocycles. The van der Waals surface area contributed by atoms with E-state index in [9.17, 15) is 0 Å². The molecule has 0 bridgehead atoms. The van der Waals surface area contributed by atoms with Crippen LogP contribution in [0.5, 0.6) is 0 Å². The van der Waals surface area contributed by atoms with Crippen LogP contribution in [0, 0.1) is 6.92 Å². The zero-order chi connectivity index (χ0) is 10.1. The van der Waals surface area contributed by atoms with E-state index in [0.717, 1.165) is 25.2 Å². The number of hydrogen-bond donors (Lipinski definition) is 1. The van der Waals surface area contributed by atoms with E-state index < -0.39 is 0 Å². The van der Waals surface area contributed by atoms with E-state index in [1.54, 1.807) is 11.3 Å². The molecule has 1 aromatic rings. The summed E-state index contributed by atoms with van der Waals surface area (Å²) >= 11 is 1.58. The molecule has 1 aliphatic rings. The lowest BCUT2D eigenvalue weighted by Gasteiger charge is -2.21. The summed E-state index contributed by atoms with van der Waals surface area (Å²) in [6.45, 7) is 4.22. The number of nitrogens with two attached hydrogens (primary N) is 1. The fourth-order valence-corrected chi connectivity index (χ4v) is 2.42. The minimum Gasteiger partial charge on any atom is -0.375 e. The van der Waals surface area contributed by atoms with Crippen molar-refractivity contribution in [3.63, 3.8) is 0 Å². The number of hydrogen-bond acceptors (Lipinski definition) is 4. The molecule has 0 fully saturated rings. The normalized spacial score (nSPS) is 18.3. The van der Waals surface area contributed by atoms with Gasteiger partial charge in [0, 0.05) is 18.0 Å². The largest absolute Gasteiger partial charge is 0.375 e. The first-order valence-electron chi connectivity index (χ1n) is 4.77. The molecule has 0 aliphatic carbocycles. The van der Waals surface area contributed by atoms with Crippen molar-refractivity contribution < 1.29 is 0 Å². The van der Waals surface area contributed by atoms with Gasteiger partial charge in [-0.25, -0.2) is 4.98 Å². The average Bonchev–Trinajstić information content (AvgIpc) is 2.47. The minimum atomic E-state index is 0.678. The molecule has 0 amide bonds. The van der Waals surface area contributed by atoms with Gasteiger partial charge in [-0.1, -0.05) is 6.08 Å². The molecule has 0 spiro atoms. The zero-order valence-corrected chi connectivity index (χ0v) is 9.40. The van der Waals surface area contributed by atoms with Crippen molar-refractivity contribution in [2.45, 2.75) is 13.3 Å². The number of thiazole rings is 1. The maximum absolute atomic E-state index is 5.68. The summed E-state index contributed by atoms with van der Waals surface area (Å²) < 4.78 is 0. The Labute approximate surface area is 88.3 Å². The van der Waals surface area contributed by atoms with Crippen LogP contribution in [0.25, 0.3) is 5.57 Å². The lowest BCUT2D eigenvalue weighted by atomic mass is 10.0. The maximum atomic E-state index is 5.68. The molecule has 0 unspecified atom stereocenters. The fourth-order valence-electron chi connectivity index (χ4n) is 1.70. The molecule has 14 heavy (non-hydrogen) atoms. The summed E-state index contributed by atoms with van der Waals surface area (Å²) in [5.74, 6) is 0. The van der Waals surface area contributed by atoms with Crippen molar-refractivity contribution in [2.24, 2.45) is 0 Å². The van der Waals surface area contributed by atoms with Gasteiger partial charge in [-0.15, -0.1) is 11.3 Å². The van der Waals surface area contributed by atoms with Crippen molar-refractivity contribution in [1.29, 1.82) is 0 Å². The molecule has 2 heterocycles. The lowest BCUT2D eigenvalue weighted by Crippen LogP contribution is -2.23. The van der Waals surface area contributed by atoms with Gasteiger partial charge in [0.05, 0.1) is 5.69 Å². The van der Waals surface area contributed by atoms with E-state index >= 15 is 0 Å². The molecule has 0 radical (unpaired) electrons. The van der Waals surface area contributed by atoms with Crippen LogP contribution in [0.3, 0.4) is 0 Å². The van der Waals surface area contributed by atoms with E-state index in [-0.39, 0.29) is 0 Å². The van der Waals surface area contributed by atoms with Crippen molar-refractivity contribution in [1.82, 2.24) is 9.88 Å². The molecule has 2 N–H and O–H groups in total. The second kappa shape index (κ2) is 3.71.